The summed E-state index contributed by atoms with van der Waals surface area (Å²) >= 11 is 11.6. The van der Waals surface area contributed by atoms with Gasteiger partial charge in [0.2, 0.25) is 5.43 Å². The molecule has 176 valence electrons. The number of aromatic nitrogens is 1. The van der Waals surface area contributed by atoms with Gasteiger partial charge in [0.15, 0.2) is 5.11 Å². The fraction of sp³-hybridized carbons (Fsp3) is 0.292. The minimum atomic E-state index is -1.30. The highest BCUT2D eigenvalue weighted by Crippen LogP contribution is 2.38. The summed E-state index contributed by atoms with van der Waals surface area (Å²) in [5, 5.41) is 13.9. The van der Waals surface area contributed by atoms with Crippen LogP contribution in [0.4, 0.5) is 15.8 Å². The fourth-order valence-electron chi connectivity index (χ4n) is 4.33. The average molecular weight is 501 g/mol. The number of pyridine rings is 1. The molecule has 0 atom stereocenters. The minimum Gasteiger partial charge on any atom is -0.477 e. The maximum atomic E-state index is 15.1. The van der Waals surface area contributed by atoms with E-state index in [0.29, 0.717) is 47.5 Å². The van der Waals surface area contributed by atoms with E-state index in [1.165, 1.54) is 12.3 Å². The van der Waals surface area contributed by atoms with Crippen LogP contribution < -0.4 is 15.6 Å². The van der Waals surface area contributed by atoms with E-state index >= 15 is 4.39 Å². The lowest BCUT2D eigenvalue weighted by atomic mass is 10.1. The Balaban J connectivity index is 1.38. The van der Waals surface area contributed by atoms with Gasteiger partial charge < -0.3 is 24.8 Å². The van der Waals surface area contributed by atoms with Crippen molar-refractivity contribution in [2.75, 3.05) is 36.4 Å². The van der Waals surface area contributed by atoms with Gasteiger partial charge in [0.1, 0.15) is 11.4 Å². The minimum absolute atomic E-state index is 0.0959. The number of hydrogen-bond donors (Lipinski definition) is 2. The quantitative estimate of drug-likeness (QED) is 0.516. The predicted octanol–water partition coefficient (Wildman–Crippen LogP) is 4.35. The molecule has 10 heteroatoms. The summed E-state index contributed by atoms with van der Waals surface area (Å²) in [6.45, 7) is 2.27. The zero-order chi connectivity index (χ0) is 24.0. The zero-order valence-electron chi connectivity index (χ0n) is 18.1. The molecule has 1 saturated heterocycles. The highest BCUT2D eigenvalue weighted by atomic mass is 35.5. The van der Waals surface area contributed by atoms with Crippen LogP contribution in [0.3, 0.4) is 0 Å². The van der Waals surface area contributed by atoms with Crippen molar-refractivity contribution in [2.45, 2.75) is 18.9 Å². The van der Waals surface area contributed by atoms with Crippen molar-refractivity contribution in [3.63, 3.8) is 0 Å². The number of halogens is 2. The Hall–Kier alpha value is -3.17. The van der Waals surface area contributed by atoms with Crippen LogP contribution in [-0.4, -0.2) is 51.8 Å². The van der Waals surface area contributed by atoms with E-state index in [9.17, 15) is 14.7 Å². The maximum absolute atomic E-state index is 15.1. The van der Waals surface area contributed by atoms with Gasteiger partial charge in [-0.15, -0.1) is 0 Å². The molecule has 2 fully saturated rings. The van der Waals surface area contributed by atoms with Gasteiger partial charge in [0, 0.05) is 54.5 Å². The highest BCUT2D eigenvalue weighted by Gasteiger charge is 2.28. The van der Waals surface area contributed by atoms with Crippen LogP contribution >= 0.6 is 23.8 Å². The molecule has 2 N–H and O–H groups in total. The van der Waals surface area contributed by atoms with Gasteiger partial charge in [0.25, 0.3) is 0 Å². The number of carboxylic acid groups (broad SMARTS) is 1. The molecule has 1 saturated carbocycles. The maximum Gasteiger partial charge on any atom is 0.341 e. The van der Waals surface area contributed by atoms with Gasteiger partial charge in [-0.3, -0.25) is 4.79 Å². The Kier molecular flexibility index (Phi) is 5.91. The van der Waals surface area contributed by atoms with E-state index in [1.807, 2.05) is 26.5 Å². The molecule has 0 amide bonds. The molecule has 34 heavy (non-hydrogen) atoms. The van der Waals surface area contributed by atoms with Crippen molar-refractivity contribution in [3.8, 4) is 0 Å². The topological polar surface area (TPSA) is 77.8 Å². The second kappa shape index (κ2) is 8.88. The molecule has 3 aromatic rings. The van der Waals surface area contributed by atoms with Crippen LogP contribution in [0.1, 0.15) is 29.2 Å². The summed E-state index contributed by atoms with van der Waals surface area (Å²) in [6, 6.07) is 10.3. The third-order valence-electron chi connectivity index (χ3n) is 6.25. The third-order valence-corrected chi connectivity index (χ3v) is 6.85. The van der Waals surface area contributed by atoms with Crippen LogP contribution in [-0.2, 0) is 0 Å². The number of carbonyl (C=O) groups is 1. The first-order chi connectivity index (χ1) is 16.3. The standard InChI is InChI=1S/C24H22ClFN4O3S/c25-14-2-1-3-15(10-14)27-24(34)29-8-6-28(7-9-29)21-12-20-17(11-19(21)26)22(31)18(23(32)33)13-30(20)16-4-5-16/h1-3,10-13,16H,4-9H2,(H,27,34)(H,32,33). The second-order valence-electron chi connectivity index (χ2n) is 8.55. The Morgan fingerprint density at radius 2 is 1.88 bits per heavy atom. The van der Waals surface area contributed by atoms with Crippen LogP contribution in [0.15, 0.2) is 47.4 Å². The third kappa shape index (κ3) is 4.33. The highest BCUT2D eigenvalue weighted by molar-refractivity contribution is 7.80. The van der Waals surface area contributed by atoms with Gasteiger partial charge in [0.05, 0.1) is 11.2 Å². The second-order valence-corrected chi connectivity index (χ2v) is 9.37. The molecule has 0 radical (unpaired) electrons. The molecule has 0 spiro atoms. The van der Waals surface area contributed by atoms with E-state index in [4.69, 9.17) is 23.8 Å². The van der Waals surface area contributed by atoms with E-state index in [0.717, 1.165) is 18.5 Å². The van der Waals surface area contributed by atoms with E-state index in [2.05, 4.69) is 5.32 Å². The largest absolute Gasteiger partial charge is 0.477 e. The number of benzene rings is 2. The Morgan fingerprint density at radius 3 is 2.53 bits per heavy atom. The molecular formula is C24H22ClFN4O3S. The van der Waals surface area contributed by atoms with Crippen molar-refractivity contribution >= 4 is 57.2 Å². The molecular weight excluding hydrogens is 479 g/mol. The fourth-order valence-corrected chi connectivity index (χ4v) is 4.82. The number of anilines is 2. The molecule has 1 aromatic heterocycles. The molecule has 2 aliphatic rings. The smallest absolute Gasteiger partial charge is 0.341 e. The Labute approximate surface area is 205 Å². The van der Waals surface area contributed by atoms with Crippen molar-refractivity contribution in [3.05, 3.63) is 69.2 Å². The lowest BCUT2D eigenvalue weighted by Gasteiger charge is -2.37. The molecule has 0 unspecified atom stereocenters. The van der Waals surface area contributed by atoms with Crippen molar-refractivity contribution < 1.29 is 14.3 Å². The zero-order valence-corrected chi connectivity index (χ0v) is 19.7. The molecule has 7 nitrogen and oxygen atoms in total. The molecule has 1 aliphatic heterocycles. The number of nitrogens with one attached hydrogen (secondary N) is 1. The summed E-state index contributed by atoms with van der Waals surface area (Å²) in [5.74, 6) is -1.84. The summed E-state index contributed by atoms with van der Waals surface area (Å²) in [6.07, 6.45) is 3.20. The number of fused-ring (bicyclic) bond motifs is 1. The lowest BCUT2D eigenvalue weighted by molar-refractivity contribution is 0.0695. The number of hydrogen-bond acceptors (Lipinski definition) is 4. The molecule has 0 bridgehead atoms. The SMILES string of the molecule is O=C(O)c1cn(C2CC2)c2cc(N3CCN(C(=S)Nc4cccc(Cl)c4)CC3)c(F)cc2c1=O. The van der Waals surface area contributed by atoms with Crippen LogP contribution in [0.25, 0.3) is 10.9 Å². The number of nitrogens with zero attached hydrogens (tertiary/aromatic N) is 3. The molecule has 2 heterocycles. The van der Waals surface area contributed by atoms with Crippen molar-refractivity contribution in [2.24, 2.45) is 0 Å². The normalized spacial score (nSPS) is 16.1. The Morgan fingerprint density at radius 1 is 1.15 bits per heavy atom. The van der Waals surface area contributed by atoms with E-state index in [1.54, 1.807) is 18.2 Å². The lowest BCUT2D eigenvalue weighted by Crippen LogP contribution is -2.50. The molecule has 1 aliphatic carbocycles. The van der Waals surface area contributed by atoms with E-state index < -0.39 is 17.2 Å². The summed E-state index contributed by atoms with van der Waals surface area (Å²) in [7, 11) is 0. The van der Waals surface area contributed by atoms with Gasteiger partial charge in [-0.05, 0) is 55.4 Å². The summed E-state index contributed by atoms with van der Waals surface area (Å²) < 4.78 is 17.0. The first kappa shape index (κ1) is 22.6. The molecule has 5 rings (SSSR count). The first-order valence-corrected chi connectivity index (χ1v) is 11.8. The van der Waals surface area contributed by atoms with Crippen LogP contribution in [0, 0.1) is 5.82 Å². The van der Waals surface area contributed by atoms with Crippen molar-refractivity contribution in [1.29, 1.82) is 0 Å². The van der Waals surface area contributed by atoms with Gasteiger partial charge in [-0.1, -0.05) is 17.7 Å². The van der Waals surface area contributed by atoms with Gasteiger partial charge >= 0.3 is 5.97 Å². The van der Waals surface area contributed by atoms with E-state index in [-0.39, 0.29) is 17.0 Å². The number of thiocarbonyl (C=S) groups is 1. The molecule has 2 aromatic carbocycles. The predicted molar refractivity (Wildman–Crippen MR) is 135 cm³/mol. The van der Waals surface area contributed by atoms with Crippen molar-refractivity contribution in [1.82, 2.24) is 9.47 Å². The first-order valence-electron chi connectivity index (χ1n) is 11.0. The van der Waals surface area contributed by atoms with Gasteiger partial charge in [-0.25, -0.2) is 9.18 Å². The monoisotopic (exact) mass is 500 g/mol. The number of piperazine rings is 1. The van der Waals surface area contributed by atoms with Crippen LogP contribution in [0.2, 0.25) is 5.02 Å². The van der Waals surface area contributed by atoms with Crippen LogP contribution in [0.5, 0.6) is 0 Å². The average Bonchev–Trinajstić information content (AvgIpc) is 3.64. The summed E-state index contributed by atoms with van der Waals surface area (Å²) in [5.41, 5.74) is 0.777. The summed E-state index contributed by atoms with van der Waals surface area (Å²) in [4.78, 5) is 28.2. The number of carboxylic acids is 1. The van der Waals surface area contributed by atoms with Gasteiger partial charge in [-0.2, -0.15) is 0 Å². The Bertz CT molecular complexity index is 1370. The number of aromatic carboxylic acids is 1. The number of rotatable bonds is 4.